The highest BCUT2D eigenvalue weighted by molar-refractivity contribution is 5.96. The lowest BCUT2D eigenvalue weighted by Crippen LogP contribution is -2.56. The molecule has 0 aromatic heterocycles. The monoisotopic (exact) mass is 705 g/mol. The third-order valence-corrected chi connectivity index (χ3v) is 7.48. The molecular weight excluding hydrogens is 662 g/mol. The lowest BCUT2D eigenvalue weighted by Gasteiger charge is -2.28. The van der Waals surface area contributed by atoms with Gasteiger partial charge in [0, 0.05) is 19.5 Å². The van der Waals surface area contributed by atoms with Crippen LogP contribution in [0.2, 0.25) is 0 Å². The average Bonchev–Trinajstić information content (AvgIpc) is 3.54. The zero-order valence-corrected chi connectivity index (χ0v) is 27.1. The molecule has 1 aliphatic rings. The summed E-state index contributed by atoms with van der Waals surface area (Å²) in [5.41, 5.74) is 17.0. The normalized spacial score (nSPS) is 16.1. The number of aliphatic carboxylic acids is 3. The van der Waals surface area contributed by atoms with E-state index in [9.17, 15) is 48.6 Å². The summed E-state index contributed by atoms with van der Waals surface area (Å²) < 4.78 is 0. The molecule has 13 N–H and O–H groups in total. The summed E-state index contributed by atoms with van der Waals surface area (Å²) in [6.45, 7) is -0.558. The van der Waals surface area contributed by atoms with Gasteiger partial charge in [-0.25, -0.2) is 4.79 Å². The summed E-state index contributed by atoms with van der Waals surface area (Å²) in [7, 11) is 0. The lowest BCUT2D eigenvalue weighted by atomic mass is 10.1. The second kappa shape index (κ2) is 19.9. The van der Waals surface area contributed by atoms with E-state index in [1.165, 1.54) is 0 Å². The molecule has 1 aliphatic heterocycles. The molecule has 1 fully saturated rings. The Balaban J connectivity index is 2.09. The maximum Gasteiger partial charge on any atom is 0.326 e. The molecule has 5 atom stereocenters. The SMILES string of the molecule is NC(N)=NCCCC(NC(=O)C1CCCN1C(=O)C(N)CC(=O)O)C(=O)NCC(=O)NC(CC(=O)O)C(=O)NC(Cc1ccccc1)C(=O)O. The Morgan fingerprint density at radius 1 is 0.860 bits per heavy atom. The fourth-order valence-corrected chi connectivity index (χ4v) is 5.07. The number of likely N-dealkylation sites (tertiary alicyclic amines) is 1. The number of carbonyl (C=O) groups excluding carboxylic acids is 5. The topological polar surface area (TPSA) is 339 Å². The van der Waals surface area contributed by atoms with E-state index >= 15 is 0 Å². The number of carboxylic acids is 3. The predicted octanol–water partition coefficient (Wildman–Crippen LogP) is -3.79. The summed E-state index contributed by atoms with van der Waals surface area (Å²) in [6.07, 6.45) is -0.891. The molecule has 274 valence electrons. The second-order valence-corrected chi connectivity index (χ2v) is 11.4. The number of carbonyl (C=O) groups is 8. The van der Waals surface area contributed by atoms with Crippen molar-refractivity contribution < 1.29 is 53.7 Å². The molecule has 5 amide bonds. The average molecular weight is 706 g/mol. The Hall–Kier alpha value is -5.79. The molecule has 0 saturated carbocycles. The quantitative estimate of drug-likeness (QED) is 0.0353. The fraction of sp³-hybridized carbons (Fsp3) is 0.500. The van der Waals surface area contributed by atoms with Crippen LogP contribution in [-0.2, 0) is 44.8 Å². The Labute approximate surface area is 286 Å². The van der Waals surface area contributed by atoms with E-state index < -0.39 is 97.0 Å². The van der Waals surface area contributed by atoms with E-state index in [1.54, 1.807) is 30.3 Å². The number of nitrogens with zero attached hydrogens (tertiary/aromatic N) is 2. The summed E-state index contributed by atoms with van der Waals surface area (Å²) in [6, 6.07) is 1.47. The lowest BCUT2D eigenvalue weighted by molar-refractivity contribution is -0.144. The Morgan fingerprint density at radius 2 is 1.52 bits per heavy atom. The molecule has 0 radical (unpaired) electrons. The van der Waals surface area contributed by atoms with Crippen LogP contribution in [0.15, 0.2) is 35.3 Å². The Morgan fingerprint density at radius 3 is 2.12 bits per heavy atom. The molecule has 5 unspecified atom stereocenters. The molecule has 20 nitrogen and oxygen atoms in total. The molecule has 1 saturated heterocycles. The molecule has 20 heteroatoms. The van der Waals surface area contributed by atoms with Crippen molar-refractivity contribution in [2.45, 2.75) is 75.2 Å². The minimum atomic E-state index is -1.71. The molecule has 2 rings (SSSR count). The van der Waals surface area contributed by atoms with Crippen LogP contribution >= 0.6 is 0 Å². The number of hydrogen-bond acceptors (Lipinski definition) is 10. The van der Waals surface area contributed by atoms with Gasteiger partial charge in [0.2, 0.25) is 29.5 Å². The smallest absolute Gasteiger partial charge is 0.326 e. The van der Waals surface area contributed by atoms with E-state index in [0.717, 1.165) is 4.90 Å². The van der Waals surface area contributed by atoms with Crippen LogP contribution in [0.25, 0.3) is 0 Å². The number of guanidine groups is 1. The molecule has 0 bridgehead atoms. The predicted molar refractivity (Wildman–Crippen MR) is 174 cm³/mol. The summed E-state index contributed by atoms with van der Waals surface area (Å²) >= 11 is 0. The van der Waals surface area contributed by atoms with E-state index in [-0.39, 0.29) is 44.7 Å². The second-order valence-electron chi connectivity index (χ2n) is 11.4. The van der Waals surface area contributed by atoms with Gasteiger partial charge < -0.3 is 58.7 Å². The van der Waals surface area contributed by atoms with Gasteiger partial charge in [0.1, 0.15) is 24.2 Å². The van der Waals surface area contributed by atoms with E-state index in [4.69, 9.17) is 22.3 Å². The first-order valence-corrected chi connectivity index (χ1v) is 15.6. The van der Waals surface area contributed by atoms with Crippen LogP contribution < -0.4 is 38.5 Å². The first kappa shape index (κ1) is 40.4. The largest absolute Gasteiger partial charge is 0.481 e. The van der Waals surface area contributed by atoms with Crippen molar-refractivity contribution in [2.75, 3.05) is 19.6 Å². The molecule has 1 aromatic rings. The number of benzene rings is 1. The fourth-order valence-electron chi connectivity index (χ4n) is 5.07. The molecular formula is C30H43N9O11. The van der Waals surface area contributed by atoms with Crippen molar-refractivity contribution in [3.63, 3.8) is 0 Å². The van der Waals surface area contributed by atoms with Gasteiger partial charge in [-0.2, -0.15) is 0 Å². The highest BCUT2D eigenvalue weighted by atomic mass is 16.4. The first-order valence-electron chi connectivity index (χ1n) is 15.6. The van der Waals surface area contributed by atoms with Crippen LogP contribution in [-0.4, -0.2) is 123 Å². The van der Waals surface area contributed by atoms with Crippen LogP contribution in [0.4, 0.5) is 0 Å². The number of nitrogens with two attached hydrogens (primary N) is 3. The van der Waals surface area contributed by atoms with Crippen molar-refractivity contribution in [3.8, 4) is 0 Å². The Kier molecular flexibility index (Phi) is 16.1. The minimum Gasteiger partial charge on any atom is -0.481 e. The number of rotatable bonds is 20. The summed E-state index contributed by atoms with van der Waals surface area (Å²) in [5, 5.41) is 37.1. The van der Waals surface area contributed by atoms with Crippen molar-refractivity contribution in [2.24, 2.45) is 22.2 Å². The van der Waals surface area contributed by atoms with Crippen LogP contribution in [0.1, 0.15) is 44.1 Å². The van der Waals surface area contributed by atoms with Gasteiger partial charge in [-0.3, -0.25) is 38.6 Å². The number of nitrogens with one attached hydrogen (secondary N) is 4. The first-order chi connectivity index (χ1) is 23.6. The van der Waals surface area contributed by atoms with E-state index in [2.05, 4.69) is 26.3 Å². The third-order valence-electron chi connectivity index (χ3n) is 7.48. The highest BCUT2D eigenvalue weighted by Crippen LogP contribution is 2.19. The molecule has 50 heavy (non-hydrogen) atoms. The standard InChI is InChI=1S/C30H43N9O11/c31-17(13-23(41)42)28(48)39-11-5-9-21(39)27(47)37-18(8-4-10-34-30(32)33)25(45)35-15-22(40)36-19(14-24(43)44)26(46)38-20(29(49)50)12-16-6-2-1-3-7-16/h1-3,6-7,17-21H,4-5,8-15,31H2,(H,35,45)(H,36,40)(H,37,47)(H,38,46)(H,41,42)(H,43,44)(H,49,50)(H4,32,33,34). The van der Waals surface area contributed by atoms with Crippen LogP contribution in [0, 0.1) is 0 Å². The molecule has 1 heterocycles. The van der Waals surface area contributed by atoms with Crippen LogP contribution in [0.5, 0.6) is 0 Å². The van der Waals surface area contributed by atoms with Gasteiger partial charge in [-0.1, -0.05) is 30.3 Å². The molecule has 1 aromatic carbocycles. The summed E-state index contributed by atoms with van der Waals surface area (Å²) in [4.78, 5) is 104. The van der Waals surface area contributed by atoms with E-state index in [0.29, 0.717) is 12.0 Å². The maximum atomic E-state index is 13.2. The maximum absolute atomic E-state index is 13.2. The van der Waals surface area contributed by atoms with Gasteiger partial charge >= 0.3 is 17.9 Å². The van der Waals surface area contributed by atoms with Crippen molar-refractivity contribution >= 4 is 53.4 Å². The van der Waals surface area contributed by atoms with Crippen LogP contribution in [0.3, 0.4) is 0 Å². The third kappa shape index (κ3) is 13.7. The molecule has 0 spiro atoms. The molecule has 0 aliphatic carbocycles. The van der Waals surface area contributed by atoms with E-state index in [1.807, 2.05) is 0 Å². The minimum absolute atomic E-state index is 0.0306. The zero-order chi connectivity index (χ0) is 37.4. The number of carboxylic acid groups (broad SMARTS) is 3. The highest BCUT2D eigenvalue weighted by Gasteiger charge is 2.38. The number of hydrogen-bond donors (Lipinski definition) is 10. The van der Waals surface area contributed by atoms with Gasteiger partial charge in [0.15, 0.2) is 5.96 Å². The van der Waals surface area contributed by atoms with Gasteiger partial charge in [0.05, 0.1) is 25.4 Å². The zero-order valence-electron chi connectivity index (χ0n) is 27.1. The van der Waals surface area contributed by atoms with Gasteiger partial charge in [-0.15, -0.1) is 0 Å². The Bertz CT molecular complexity index is 1440. The van der Waals surface area contributed by atoms with Gasteiger partial charge in [-0.05, 0) is 31.2 Å². The van der Waals surface area contributed by atoms with Gasteiger partial charge in [0.25, 0.3) is 0 Å². The van der Waals surface area contributed by atoms with Crippen molar-refractivity contribution in [1.82, 2.24) is 26.2 Å². The number of aliphatic imine (C=N–C) groups is 1. The van der Waals surface area contributed by atoms with Crippen molar-refractivity contribution in [3.05, 3.63) is 35.9 Å². The number of amides is 5. The van der Waals surface area contributed by atoms with Crippen molar-refractivity contribution in [1.29, 1.82) is 0 Å². The summed E-state index contributed by atoms with van der Waals surface area (Å²) in [5.74, 6) is -8.79.